The second kappa shape index (κ2) is 8.62. The second-order valence-electron chi connectivity index (χ2n) is 8.34. The molecule has 0 aliphatic heterocycles. The molecule has 0 unspecified atom stereocenters. The summed E-state index contributed by atoms with van der Waals surface area (Å²) in [5, 5.41) is 0. The maximum Gasteiger partial charge on any atom is 0.303 e. The van der Waals surface area contributed by atoms with Crippen LogP contribution in [0.5, 0.6) is 0 Å². The number of allylic oxidation sites excluding steroid dienone is 4. The Kier molecular flexibility index (Phi) is 7.32. The van der Waals surface area contributed by atoms with E-state index in [1.807, 2.05) is 6.08 Å². The topological polar surface area (TPSA) is 69.7 Å². The lowest BCUT2D eigenvalue weighted by molar-refractivity contribution is -0.161. The Balaban J connectivity index is 2.90. The van der Waals surface area contributed by atoms with E-state index in [0.717, 1.165) is 6.04 Å². The Morgan fingerprint density at radius 1 is 1.15 bits per heavy atom. The van der Waals surface area contributed by atoms with Crippen LogP contribution in [0.4, 0.5) is 0 Å². The van der Waals surface area contributed by atoms with Crippen LogP contribution in [-0.2, 0) is 23.9 Å². The fourth-order valence-electron chi connectivity index (χ4n) is 2.40. The average Bonchev–Trinajstić information content (AvgIpc) is 2.46. The minimum absolute atomic E-state index is 0.0196. The lowest BCUT2D eigenvalue weighted by Crippen LogP contribution is -2.42. The zero-order chi connectivity index (χ0) is 20.1. The first kappa shape index (κ1) is 22.1. The van der Waals surface area contributed by atoms with Crippen LogP contribution in [0.1, 0.15) is 34.1 Å². The van der Waals surface area contributed by atoms with E-state index < -0.39 is 25.7 Å². The molecule has 0 heterocycles. The Morgan fingerprint density at radius 2 is 1.77 bits per heavy atom. The molecule has 0 spiro atoms. The van der Waals surface area contributed by atoms with Crippen molar-refractivity contribution in [2.45, 2.75) is 71.5 Å². The van der Waals surface area contributed by atoms with Crippen molar-refractivity contribution < 1.29 is 23.9 Å². The molecule has 0 bridgehead atoms. The normalized spacial score (nSPS) is 17.0. The van der Waals surface area contributed by atoms with Gasteiger partial charge in [-0.05, 0) is 32.9 Å². The third-order valence-electron chi connectivity index (χ3n) is 3.94. The number of hydrogen-bond acceptors (Lipinski definition) is 5. The first-order chi connectivity index (χ1) is 11.8. The van der Waals surface area contributed by atoms with Crippen molar-refractivity contribution in [3.63, 3.8) is 0 Å². The molecule has 1 atom stereocenters. The van der Waals surface area contributed by atoms with Crippen molar-refractivity contribution in [3.05, 3.63) is 35.6 Å². The zero-order valence-electron chi connectivity index (χ0n) is 16.8. The van der Waals surface area contributed by atoms with Crippen LogP contribution in [0.3, 0.4) is 0 Å². The number of esters is 1. The summed E-state index contributed by atoms with van der Waals surface area (Å²) in [6.45, 7) is 13.3. The average molecular weight is 379 g/mol. The van der Waals surface area contributed by atoms with E-state index in [1.165, 1.54) is 19.1 Å². The Bertz CT molecular complexity index is 662. The van der Waals surface area contributed by atoms with E-state index in [4.69, 9.17) is 9.47 Å². The molecule has 0 aromatic heterocycles. The minimum atomic E-state index is -1.19. The molecule has 5 nitrogen and oxygen atoms in total. The van der Waals surface area contributed by atoms with Crippen molar-refractivity contribution in [2.24, 2.45) is 0 Å². The fraction of sp³-hybridized carbons (Fsp3) is 0.550. The number of carbonyl (C=O) groups is 3. The molecule has 26 heavy (non-hydrogen) atoms. The number of hydrogen-bond donors (Lipinski definition) is 0. The van der Waals surface area contributed by atoms with E-state index in [1.54, 1.807) is 20.8 Å². The van der Waals surface area contributed by atoms with Crippen molar-refractivity contribution >= 4 is 25.6 Å². The zero-order valence-corrected chi connectivity index (χ0v) is 17.8. The molecular weight excluding hydrogens is 348 g/mol. The van der Waals surface area contributed by atoms with Gasteiger partial charge in [0, 0.05) is 33.1 Å². The largest absolute Gasteiger partial charge is 0.480 e. The van der Waals surface area contributed by atoms with Crippen LogP contribution in [-0.4, -0.2) is 37.3 Å². The molecule has 0 fully saturated rings. The minimum Gasteiger partial charge on any atom is -0.480 e. The highest BCUT2D eigenvalue weighted by Gasteiger charge is 2.36. The van der Waals surface area contributed by atoms with E-state index in [9.17, 15) is 14.4 Å². The third-order valence-corrected chi connectivity index (χ3v) is 5.41. The number of rotatable bonds is 8. The molecular formula is C20H30O5Si. The molecule has 1 aliphatic rings. The SMILES string of the molecule is CC(=O)O[C@@H](C/C=C\C[Si](C)(C)C)C(C)(C)OC1=CC(=O)C(C)=CC1=O. The summed E-state index contributed by atoms with van der Waals surface area (Å²) in [6.07, 6.45) is 6.46. The van der Waals surface area contributed by atoms with Gasteiger partial charge >= 0.3 is 5.97 Å². The van der Waals surface area contributed by atoms with Gasteiger partial charge in [-0.15, -0.1) is 0 Å². The monoisotopic (exact) mass is 378 g/mol. The summed E-state index contributed by atoms with van der Waals surface area (Å²) in [7, 11) is -1.19. The third kappa shape index (κ3) is 7.12. The number of ketones is 2. The van der Waals surface area contributed by atoms with E-state index >= 15 is 0 Å². The van der Waals surface area contributed by atoms with E-state index in [-0.39, 0.29) is 17.3 Å². The molecule has 1 aliphatic carbocycles. The Hall–Kier alpha value is -1.95. The van der Waals surface area contributed by atoms with Crippen LogP contribution in [0, 0.1) is 0 Å². The van der Waals surface area contributed by atoms with Gasteiger partial charge in [0.05, 0.1) is 0 Å². The highest BCUT2D eigenvalue weighted by molar-refractivity contribution is 6.76. The highest BCUT2D eigenvalue weighted by atomic mass is 28.3. The predicted octanol–water partition coefficient (Wildman–Crippen LogP) is 3.98. The summed E-state index contributed by atoms with van der Waals surface area (Å²) in [5.41, 5.74) is -0.582. The second-order valence-corrected chi connectivity index (χ2v) is 13.9. The summed E-state index contributed by atoms with van der Waals surface area (Å²) >= 11 is 0. The van der Waals surface area contributed by atoms with Crippen molar-refractivity contribution in [1.82, 2.24) is 0 Å². The quantitative estimate of drug-likeness (QED) is 0.276. The molecule has 0 aromatic carbocycles. The summed E-state index contributed by atoms with van der Waals surface area (Å²) < 4.78 is 11.2. The fourth-order valence-corrected chi connectivity index (χ4v) is 3.28. The smallest absolute Gasteiger partial charge is 0.303 e. The lowest BCUT2D eigenvalue weighted by Gasteiger charge is -2.34. The van der Waals surface area contributed by atoms with Gasteiger partial charge in [0.15, 0.2) is 11.5 Å². The number of ether oxygens (including phenoxy) is 2. The summed E-state index contributed by atoms with van der Waals surface area (Å²) in [6, 6.07) is 1.03. The maximum atomic E-state index is 12.1. The van der Waals surface area contributed by atoms with E-state index in [0.29, 0.717) is 12.0 Å². The van der Waals surface area contributed by atoms with Crippen LogP contribution in [0.25, 0.3) is 0 Å². The first-order valence-electron chi connectivity index (χ1n) is 8.82. The standard InChI is InChI=1S/C20H30O5Si/c1-14-12-17(23)18(13-16(14)22)25-20(3,4)19(24-15(2)21)10-8-9-11-26(5,6)7/h8-9,12-13,19H,10-11H2,1-7H3/b9-8-/t19-/m0/s1. The Labute approximate surface area is 157 Å². The molecule has 0 radical (unpaired) electrons. The lowest BCUT2D eigenvalue weighted by atomic mass is 9.96. The molecule has 0 saturated carbocycles. The van der Waals surface area contributed by atoms with Gasteiger partial charge in [0.25, 0.3) is 0 Å². The first-order valence-corrected chi connectivity index (χ1v) is 12.5. The molecule has 6 heteroatoms. The molecule has 1 rings (SSSR count). The number of carbonyl (C=O) groups excluding carboxylic acids is 3. The summed E-state index contributed by atoms with van der Waals surface area (Å²) in [5.74, 6) is -1.05. The molecule has 0 aromatic rings. The van der Waals surface area contributed by atoms with Crippen molar-refractivity contribution in [1.29, 1.82) is 0 Å². The Morgan fingerprint density at radius 3 is 2.31 bits per heavy atom. The molecule has 0 N–H and O–H groups in total. The van der Waals surface area contributed by atoms with Crippen molar-refractivity contribution in [3.8, 4) is 0 Å². The van der Waals surface area contributed by atoms with Gasteiger partial charge in [-0.25, -0.2) is 0 Å². The van der Waals surface area contributed by atoms with Crippen LogP contribution in [0.15, 0.2) is 35.6 Å². The van der Waals surface area contributed by atoms with Crippen LogP contribution in [0.2, 0.25) is 25.7 Å². The van der Waals surface area contributed by atoms with Gasteiger partial charge in [-0.3, -0.25) is 14.4 Å². The van der Waals surface area contributed by atoms with Crippen LogP contribution >= 0.6 is 0 Å². The molecule has 144 valence electrons. The highest BCUT2D eigenvalue weighted by Crippen LogP contribution is 2.27. The van der Waals surface area contributed by atoms with Gasteiger partial charge < -0.3 is 9.47 Å². The summed E-state index contributed by atoms with van der Waals surface area (Å²) in [4.78, 5) is 35.4. The van der Waals surface area contributed by atoms with Gasteiger partial charge in [-0.1, -0.05) is 31.8 Å². The van der Waals surface area contributed by atoms with Crippen LogP contribution < -0.4 is 0 Å². The predicted molar refractivity (Wildman–Crippen MR) is 104 cm³/mol. The van der Waals surface area contributed by atoms with Gasteiger partial charge in [0.2, 0.25) is 5.78 Å². The maximum absolute atomic E-state index is 12.1. The van der Waals surface area contributed by atoms with E-state index in [2.05, 4.69) is 25.7 Å². The molecule has 0 amide bonds. The van der Waals surface area contributed by atoms with Crippen molar-refractivity contribution in [2.75, 3.05) is 0 Å². The van der Waals surface area contributed by atoms with Gasteiger partial charge in [0.1, 0.15) is 11.7 Å². The molecule has 0 saturated heterocycles. The van der Waals surface area contributed by atoms with Gasteiger partial charge in [-0.2, -0.15) is 0 Å².